The highest BCUT2D eigenvalue weighted by atomic mass is 16.4. The maximum absolute atomic E-state index is 13.2. The van der Waals surface area contributed by atoms with Gasteiger partial charge < -0.3 is 18.3 Å². The van der Waals surface area contributed by atoms with Gasteiger partial charge in [0.15, 0.2) is 5.76 Å². The number of carbonyl (C=O) groups excluding carboxylic acids is 1. The number of aromatic nitrogens is 3. The van der Waals surface area contributed by atoms with Gasteiger partial charge in [-0.25, -0.2) is 0 Å². The summed E-state index contributed by atoms with van der Waals surface area (Å²) in [4.78, 5) is 15.0. The number of benzene rings is 2. The quantitative estimate of drug-likeness (QED) is 0.435. The van der Waals surface area contributed by atoms with E-state index in [9.17, 15) is 4.79 Å². The number of hydrogen-bond acceptors (Lipinski definition) is 5. The molecule has 1 aliphatic rings. The Kier molecular flexibility index (Phi) is 3.99. The van der Waals surface area contributed by atoms with Gasteiger partial charge >= 0.3 is 0 Å². The van der Waals surface area contributed by atoms with Gasteiger partial charge in [0.2, 0.25) is 11.8 Å². The molecule has 7 heteroatoms. The van der Waals surface area contributed by atoms with Gasteiger partial charge in [-0.15, -0.1) is 10.2 Å². The molecule has 0 aliphatic carbocycles. The lowest BCUT2D eigenvalue weighted by Crippen LogP contribution is -2.32. The minimum Gasteiger partial charge on any atom is -0.459 e. The minimum absolute atomic E-state index is 0.0547. The molecule has 31 heavy (non-hydrogen) atoms. The van der Waals surface area contributed by atoms with Crippen LogP contribution >= 0.6 is 0 Å². The summed E-state index contributed by atoms with van der Waals surface area (Å²) in [7, 11) is 0. The van der Waals surface area contributed by atoms with Crippen LogP contribution in [0.15, 0.2) is 82.0 Å². The van der Waals surface area contributed by atoms with Crippen molar-refractivity contribution in [1.82, 2.24) is 14.8 Å². The largest absolute Gasteiger partial charge is 0.459 e. The van der Waals surface area contributed by atoms with E-state index in [1.807, 2.05) is 58.1 Å². The molecule has 1 amide bonds. The van der Waals surface area contributed by atoms with Crippen molar-refractivity contribution in [2.45, 2.75) is 13.0 Å². The van der Waals surface area contributed by atoms with Crippen molar-refractivity contribution in [3.05, 3.63) is 78.7 Å². The number of fused-ring (bicyclic) bond motifs is 2. The Morgan fingerprint density at radius 1 is 0.968 bits per heavy atom. The molecule has 0 N–H and O–H groups in total. The van der Waals surface area contributed by atoms with E-state index in [1.165, 1.54) is 5.56 Å². The molecule has 0 saturated carbocycles. The van der Waals surface area contributed by atoms with E-state index >= 15 is 0 Å². The zero-order valence-corrected chi connectivity index (χ0v) is 16.6. The molecule has 0 radical (unpaired) electrons. The fourth-order valence-corrected chi connectivity index (χ4v) is 4.21. The van der Waals surface area contributed by atoms with E-state index in [1.54, 1.807) is 18.4 Å². The van der Waals surface area contributed by atoms with Gasteiger partial charge in [-0.1, -0.05) is 36.4 Å². The number of para-hydroxylation sites is 2. The third-order valence-corrected chi connectivity index (χ3v) is 5.67. The van der Waals surface area contributed by atoms with Gasteiger partial charge in [0.1, 0.15) is 6.54 Å². The lowest BCUT2D eigenvalue weighted by atomic mass is 10.2. The first-order valence-electron chi connectivity index (χ1n) is 10.1. The summed E-state index contributed by atoms with van der Waals surface area (Å²) in [5.41, 5.74) is 3.95. The topological polar surface area (TPSA) is 77.3 Å². The second kappa shape index (κ2) is 6.98. The highest BCUT2D eigenvalue weighted by Gasteiger charge is 2.25. The maximum atomic E-state index is 13.2. The fraction of sp³-hybridized carbons (Fsp3) is 0.125. The first-order valence-corrected chi connectivity index (χ1v) is 10.1. The molecule has 7 nitrogen and oxygen atoms in total. The van der Waals surface area contributed by atoms with Crippen molar-refractivity contribution >= 4 is 22.5 Å². The Labute approximate surface area is 177 Å². The summed E-state index contributed by atoms with van der Waals surface area (Å²) in [6.45, 7) is 0.939. The molecule has 0 bridgehead atoms. The Morgan fingerprint density at radius 3 is 2.71 bits per heavy atom. The predicted octanol–water partition coefficient (Wildman–Crippen LogP) is 4.54. The Bertz CT molecular complexity index is 1400. The van der Waals surface area contributed by atoms with Crippen LogP contribution in [0.5, 0.6) is 0 Å². The normalized spacial score (nSPS) is 13.1. The van der Waals surface area contributed by atoms with E-state index in [0.29, 0.717) is 24.1 Å². The second-order valence-electron chi connectivity index (χ2n) is 7.50. The van der Waals surface area contributed by atoms with E-state index in [-0.39, 0.29) is 12.5 Å². The standard InChI is InChI=1S/C24H18N4O3/c29-22(28-12-11-16-6-1-3-8-19(16)28)15-27-14-18(17-7-2-4-9-20(17)27)23-25-26-24(31-23)21-10-5-13-30-21/h1-10,13-14H,11-12,15H2. The maximum Gasteiger partial charge on any atom is 0.283 e. The summed E-state index contributed by atoms with van der Waals surface area (Å²) in [5.74, 6) is 1.28. The summed E-state index contributed by atoms with van der Waals surface area (Å²) < 4.78 is 13.2. The van der Waals surface area contributed by atoms with Crippen LogP contribution in [0, 0.1) is 0 Å². The third kappa shape index (κ3) is 2.93. The minimum atomic E-state index is 0.0547. The molecule has 1 aliphatic heterocycles. The van der Waals surface area contributed by atoms with Gasteiger partial charge in [-0.05, 0) is 36.2 Å². The number of furan rings is 1. The zero-order valence-electron chi connectivity index (χ0n) is 16.6. The van der Waals surface area contributed by atoms with Crippen molar-refractivity contribution < 1.29 is 13.6 Å². The van der Waals surface area contributed by atoms with Gasteiger partial charge in [0, 0.05) is 29.3 Å². The predicted molar refractivity (Wildman–Crippen MR) is 115 cm³/mol. The number of rotatable bonds is 4. The number of anilines is 1. The van der Waals surface area contributed by atoms with Crippen LogP contribution in [0.2, 0.25) is 0 Å². The van der Waals surface area contributed by atoms with E-state index in [0.717, 1.165) is 28.6 Å². The van der Waals surface area contributed by atoms with Crippen LogP contribution in [0.4, 0.5) is 5.69 Å². The second-order valence-corrected chi connectivity index (χ2v) is 7.50. The Hall–Kier alpha value is -4.13. The molecule has 3 aromatic heterocycles. The average Bonchev–Trinajstić information content (AvgIpc) is 3.59. The Balaban J connectivity index is 1.36. The van der Waals surface area contributed by atoms with Crippen molar-refractivity contribution in [1.29, 1.82) is 0 Å². The van der Waals surface area contributed by atoms with Gasteiger partial charge in [-0.3, -0.25) is 4.79 Å². The van der Waals surface area contributed by atoms with Crippen LogP contribution < -0.4 is 4.90 Å². The Morgan fingerprint density at radius 2 is 1.81 bits per heavy atom. The lowest BCUT2D eigenvalue weighted by Gasteiger charge is -2.18. The van der Waals surface area contributed by atoms with Crippen LogP contribution in [0.1, 0.15) is 5.56 Å². The van der Waals surface area contributed by atoms with Gasteiger partial charge in [0.05, 0.1) is 11.8 Å². The number of hydrogen-bond donors (Lipinski definition) is 0. The van der Waals surface area contributed by atoms with Gasteiger partial charge in [0.25, 0.3) is 5.89 Å². The summed E-state index contributed by atoms with van der Waals surface area (Å²) in [6, 6.07) is 19.5. The number of nitrogens with zero attached hydrogens (tertiary/aromatic N) is 4. The van der Waals surface area contributed by atoms with Crippen LogP contribution in [0.25, 0.3) is 34.0 Å². The number of amides is 1. The van der Waals surface area contributed by atoms with Crippen molar-refractivity contribution in [3.63, 3.8) is 0 Å². The first-order chi connectivity index (χ1) is 15.3. The molecule has 6 rings (SSSR count). The van der Waals surface area contributed by atoms with Crippen LogP contribution in [-0.2, 0) is 17.8 Å². The first kappa shape index (κ1) is 17.7. The zero-order chi connectivity index (χ0) is 20.8. The third-order valence-electron chi connectivity index (χ3n) is 5.67. The molecule has 0 atom stereocenters. The highest BCUT2D eigenvalue weighted by Crippen LogP contribution is 2.33. The average molecular weight is 410 g/mol. The van der Waals surface area contributed by atoms with Gasteiger partial charge in [-0.2, -0.15) is 0 Å². The molecule has 0 saturated heterocycles. The molecule has 0 unspecified atom stereocenters. The summed E-state index contributed by atoms with van der Waals surface area (Å²) in [5, 5.41) is 9.26. The molecule has 4 heterocycles. The fourth-order valence-electron chi connectivity index (χ4n) is 4.21. The summed E-state index contributed by atoms with van der Waals surface area (Å²) in [6.07, 6.45) is 4.36. The molecular weight excluding hydrogens is 392 g/mol. The monoisotopic (exact) mass is 410 g/mol. The van der Waals surface area contributed by atoms with E-state index < -0.39 is 0 Å². The van der Waals surface area contributed by atoms with Crippen molar-refractivity contribution in [3.8, 4) is 23.1 Å². The molecule has 2 aromatic carbocycles. The smallest absolute Gasteiger partial charge is 0.283 e. The number of carbonyl (C=O) groups is 1. The molecule has 152 valence electrons. The van der Waals surface area contributed by atoms with E-state index in [4.69, 9.17) is 8.83 Å². The molecule has 0 spiro atoms. The molecule has 5 aromatic rings. The van der Waals surface area contributed by atoms with Crippen molar-refractivity contribution in [2.24, 2.45) is 0 Å². The molecule has 0 fully saturated rings. The lowest BCUT2D eigenvalue weighted by molar-refractivity contribution is -0.119. The van der Waals surface area contributed by atoms with Crippen molar-refractivity contribution in [2.75, 3.05) is 11.4 Å². The molecular formula is C24H18N4O3. The SMILES string of the molecule is O=C(Cn1cc(-c2nnc(-c3ccco3)o2)c2ccccc21)N1CCc2ccccc21. The van der Waals surface area contributed by atoms with Crippen LogP contribution in [-0.4, -0.2) is 27.2 Å². The van der Waals surface area contributed by atoms with Crippen LogP contribution in [0.3, 0.4) is 0 Å². The summed E-state index contributed by atoms with van der Waals surface area (Å²) >= 11 is 0. The van der Waals surface area contributed by atoms with E-state index in [2.05, 4.69) is 16.3 Å². The highest BCUT2D eigenvalue weighted by molar-refractivity contribution is 5.98.